The van der Waals surface area contributed by atoms with Crippen molar-refractivity contribution in [1.29, 1.82) is 0 Å². The van der Waals surface area contributed by atoms with Gasteiger partial charge in [-0.2, -0.15) is 0 Å². The zero-order valence-corrected chi connectivity index (χ0v) is 17.8. The molecule has 164 valence electrons. The van der Waals surface area contributed by atoms with Crippen LogP contribution in [-0.4, -0.2) is 38.1 Å². The average molecular weight is 434 g/mol. The first-order chi connectivity index (χ1) is 15.3. The van der Waals surface area contributed by atoms with Gasteiger partial charge in [-0.05, 0) is 50.1 Å². The van der Waals surface area contributed by atoms with E-state index in [4.69, 9.17) is 4.84 Å². The summed E-state index contributed by atoms with van der Waals surface area (Å²) < 4.78 is 1.87. The van der Waals surface area contributed by atoms with Crippen molar-refractivity contribution in [2.24, 2.45) is 0 Å². The maximum Gasteiger partial charge on any atom is 0.333 e. The van der Waals surface area contributed by atoms with Crippen molar-refractivity contribution in [1.82, 2.24) is 14.4 Å². The highest BCUT2D eigenvalue weighted by Crippen LogP contribution is 2.18. The van der Waals surface area contributed by atoms with Crippen LogP contribution in [0.5, 0.6) is 0 Å². The fourth-order valence-corrected chi connectivity index (χ4v) is 3.58. The molecule has 1 saturated heterocycles. The predicted molar refractivity (Wildman–Crippen MR) is 115 cm³/mol. The van der Waals surface area contributed by atoms with Gasteiger partial charge < -0.3 is 14.6 Å². The highest BCUT2D eigenvalue weighted by molar-refractivity contribution is 6.08. The van der Waals surface area contributed by atoms with Crippen molar-refractivity contribution in [3.63, 3.8) is 0 Å². The highest BCUT2D eigenvalue weighted by Gasteiger charge is 2.32. The first-order valence-corrected chi connectivity index (χ1v) is 10.2. The molecule has 3 amide bonds. The molecule has 1 aliphatic heterocycles. The molecule has 9 heteroatoms. The number of amides is 3. The number of fused-ring (bicyclic) bond motifs is 1. The van der Waals surface area contributed by atoms with Crippen molar-refractivity contribution in [3.8, 4) is 0 Å². The summed E-state index contributed by atoms with van der Waals surface area (Å²) in [5.41, 5.74) is 4.37. The van der Waals surface area contributed by atoms with Crippen LogP contribution in [0.4, 0.5) is 5.69 Å². The first-order valence-electron chi connectivity index (χ1n) is 10.2. The van der Waals surface area contributed by atoms with E-state index in [1.807, 2.05) is 30.5 Å². The van der Waals surface area contributed by atoms with E-state index >= 15 is 0 Å². The Kier molecular flexibility index (Phi) is 5.72. The second-order valence-corrected chi connectivity index (χ2v) is 7.66. The van der Waals surface area contributed by atoms with Gasteiger partial charge in [0.2, 0.25) is 0 Å². The summed E-state index contributed by atoms with van der Waals surface area (Å²) in [6.07, 6.45) is 2.33. The van der Waals surface area contributed by atoms with Crippen LogP contribution in [-0.2, 0) is 25.6 Å². The van der Waals surface area contributed by atoms with Gasteiger partial charge in [0, 0.05) is 36.1 Å². The smallest absolute Gasteiger partial charge is 0.330 e. The number of aromatic nitrogens is 2. The molecule has 3 aromatic rings. The van der Waals surface area contributed by atoms with E-state index in [1.54, 1.807) is 30.3 Å². The van der Waals surface area contributed by atoms with Gasteiger partial charge in [-0.3, -0.25) is 14.4 Å². The Hall–Kier alpha value is -4.01. The Morgan fingerprint density at radius 1 is 1.06 bits per heavy atom. The van der Waals surface area contributed by atoms with Crippen LogP contribution < -0.4 is 5.32 Å². The summed E-state index contributed by atoms with van der Waals surface area (Å²) >= 11 is 0. The minimum absolute atomic E-state index is 0.0177. The van der Waals surface area contributed by atoms with Gasteiger partial charge >= 0.3 is 5.97 Å². The van der Waals surface area contributed by atoms with Gasteiger partial charge in [0.1, 0.15) is 5.65 Å². The molecular weight excluding hydrogens is 412 g/mol. The monoisotopic (exact) mass is 434 g/mol. The lowest BCUT2D eigenvalue weighted by molar-refractivity contribution is -0.197. The molecule has 2 aromatic heterocycles. The summed E-state index contributed by atoms with van der Waals surface area (Å²) in [6.45, 7) is 3.84. The Labute approximate surface area is 183 Å². The number of nitrogens with zero attached hydrogens (tertiary/aromatic N) is 3. The lowest BCUT2D eigenvalue weighted by Gasteiger charge is -2.12. The average Bonchev–Trinajstić information content (AvgIpc) is 3.32. The summed E-state index contributed by atoms with van der Waals surface area (Å²) in [7, 11) is 0. The Morgan fingerprint density at radius 2 is 1.75 bits per heavy atom. The zero-order chi connectivity index (χ0) is 22.8. The third-order valence-corrected chi connectivity index (χ3v) is 5.21. The topological polar surface area (TPSA) is 110 Å². The summed E-state index contributed by atoms with van der Waals surface area (Å²) in [5, 5.41) is 3.41. The molecular formula is C23H22N4O5. The number of rotatable bonds is 6. The number of carbonyl (C=O) groups excluding carboxylic acids is 4. The van der Waals surface area contributed by atoms with E-state index in [2.05, 4.69) is 10.3 Å². The maximum atomic E-state index is 12.7. The number of hydroxylamine groups is 2. The van der Waals surface area contributed by atoms with Crippen molar-refractivity contribution in [2.45, 2.75) is 39.5 Å². The van der Waals surface area contributed by atoms with Crippen LogP contribution in [0.15, 0.2) is 42.6 Å². The largest absolute Gasteiger partial charge is 0.333 e. The van der Waals surface area contributed by atoms with Gasteiger partial charge in [-0.1, -0.05) is 12.1 Å². The summed E-state index contributed by atoms with van der Waals surface area (Å²) in [4.78, 5) is 57.0. The number of hydrogen-bond donors (Lipinski definition) is 1. The second-order valence-electron chi connectivity index (χ2n) is 7.66. The number of aryl methyl sites for hydroxylation is 3. The molecule has 0 aliphatic carbocycles. The molecule has 1 aromatic carbocycles. The molecule has 0 radical (unpaired) electrons. The highest BCUT2D eigenvalue weighted by atomic mass is 16.7. The number of anilines is 1. The molecule has 32 heavy (non-hydrogen) atoms. The molecule has 0 bridgehead atoms. The second kappa shape index (κ2) is 8.62. The van der Waals surface area contributed by atoms with Gasteiger partial charge in [-0.15, -0.1) is 5.06 Å². The standard InChI is InChI=1S/C23H22N4O5/c1-14-13-15(2)26-12-11-18(22(26)24-14)23(31)25-17-6-3-16(4-7-17)5-10-21(30)32-27-19(28)8-9-20(27)29/h3-4,6-7,11-13H,5,8-10H2,1-2H3,(H,25,31). The van der Waals surface area contributed by atoms with E-state index in [-0.39, 0.29) is 25.2 Å². The molecule has 0 spiro atoms. The predicted octanol–water partition coefficient (Wildman–Crippen LogP) is 2.74. The molecule has 0 atom stereocenters. The number of hydrogen-bond acceptors (Lipinski definition) is 6. The van der Waals surface area contributed by atoms with E-state index in [9.17, 15) is 19.2 Å². The van der Waals surface area contributed by atoms with Gasteiger partial charge in [0.05, 0.1) is 12.0 Å². The molecule has 9 nitrogen and oxygen atoms in total. The van der Waals surface area contributed by atoms with Crippen molar-refractivity contribution < 1.29 is 24.0 Å². The Bertz CT molecular complexity index is 1210. The van der Waals surface area contributed by atoms with Crippen LogP contribution in [0.3, 0.4) is 0 Å². The van der Waals surface area contributed by atoms with Crippen LogP contribution in [0.25, 0.3) is 5.65 Å². The van der Waals surface area contributed by atoms with Gasteiger partial charge in [0.15, 0.2) is 0 Å². The fourth-order valence-electron chi connectivity index (χ4n) is 3.58. The number of carbonyl (C=O) groups is 4. The Balaban J connectivity index is 1.35. The maximum absolute atomic E-state index is 12.7. The quantitative estimate of drug-likeness (QED) is 0.598. The van der Waals surface area contributed by atoms with Crippen LogP contribution in [0, 0.1) is 13.8 Å². The minimum Gasteiger partial charge on any atom is -0.330 e. The molecule has 4 rings (SSSR count). The minimum atomic E-state index is -0.648. The van der Waals surface area contributed by atoms with Gasteiger partial charge in [0.25, 0.3) is 17.7 Å². The molecule has 1 fully saturated rings. The third kappa shape index (κ3) is 4.36. The van der Waals surface area contributed by atoms with Crippen molar-refractivity contribution in [3.05, 3.63) is 65.1 Å². The van der Waals surface area contributed by atoms with Crippen LogP contribution in [0.2, 0.25) is 0 Å². The summed E-state index contributed by atoms with van der Waals surface area (Å²) in [6, 6.07) is 10.8. The first kappa shape index (κ1) is 21.2. The SMILES string of the molecule is Cc1cc(C)n2ccc(C(=O)Nc3ccc(CCC(=O)ON4C(=O)CCC4=O)cc3)c2n1. The molecule has 3 heterocycles. The lowest BCUT2D eigenvalue weighted by Crippen LogP contribution is -2.32. The van der Waals surface area contributed by atoms with Gasteiger partial charge in [-0.25, -0.2) is 9.78 Å². The van der Waals surface area contributed by atoms with E-state index in [0.717, 1.165) is 17.0 Å². The molecule has 1 N–H and O–H groups in total. The number of benzene rings is 1. The summed E-state index contributed by atoms with van der Waals surface area (Å²) in [5.74, 6) is -1.91. The van der Waals surface area contributed by atoms with Crippen LogP contribution in [0.1, 0.15) is 46.6 Å². The Morgan fingerprint density at radius 3 is 2.44 bits per heavy atom. The van der Waals surface area contributed by atoms with Crippen molar-refractivity contribution >= 4 is 35.0 Å². The lowest BCUT2D eigenvalue weighted by atomic mass is 10.1. The molecule has 1 aliphatic rings. The number of nitrogens with one attached hydrogen (secondary N) is 1. The number of imide groups is 1. The van der Waals surface area contributed by atoms with E-state index in [0.29, 0.717) is 28.4 Å². The van der Waals surface area contributed by atoms with E-state index in [1.165, 1.54) is 0 Å². The van der Waals surface area contributed by atoms with Crippen LogP contribution >= 0.6 is 0 Å². The molecule has 0 saturated carbocycles. The van der Waals surface area contributed by atoms with E-state index < -0.39 is 17.8 Å². The zero-order valence-electron chi connectivity index (χ0n) is 17.8. The normalized spacial score (nSPS) is 13.6. The molecule has 0 unspecified atom stereocenters. The van der Waals surface area contributed by atoms with Crippen molar-refractivity contribution in [2.75, 3.05) is 5.32 Å². The third-order valence-electron chi connectivity index (χ3n) is 5.21. The fraction of sp³-hybridized carbons (Fsp3) is 0.261.